The lowest BCUT2D eigenvalue weighted by atomic mass is 10.2. The second-order valence-corrected chi connectivity index (χ2v) is 6.56. The molecule has 0 fully saturated rings. The van der Waals surface area contributed by atoms with Crippen LogP contribution in [0.1, 0.15) is 16.6 Å². The maximum absolute atomic E-state index is 12.1. The van der Waals surface area contributed by atoms with Gasteiger partial charge in [0, 0.05) is 21.7 Å². The van der Waals surface area contributed by atoms with Gasteiger partial charge in [-0.05, 0) is 19.1 Å². The number of ether oxygens (including phenoxy) is 1. The third kappa shape index (κ3) is 4.59. The molecule has 1 aromatic carbocycles. The molecule has 9 heteroatoms. The third-order valence-corrected chi connectivity index (χ3v) is 4.80. The summed E-state index contributed by atoms with van der Waals surface area (Å²) < 4.78 is 5.68. The van der Waals surface area contributed by atoms with Gasteiger partial charge in [0.2, 0.25) is 5.91 Å². The highest BCUT2D eigenvalue weighted by molar-refractivity contribution is 7.21. The highest BCUT2D eigenvalue weighted by Gasteiger charge is 2.19. The smallest absolute Gasteiger partial charge is 0.350 e. The summed E-state index contributed by atoms with van der Waals surface area (Å²) in [5.74, 6) is -1.60. The molecule has 0 saturated heterocycles. The van der Waals surface area contributed by atoms with E-state index < -0.39 is 18.5 Å². The van der Waals surface area contributed by atoms with Gasteiger partial charge >= 0.3 is 5.97 Å². The standard InChI is InChI=1S/C15H14Cl2N2O4S/c1-2-18-11(20)6-19-12(21)7-23-15(22)14-13(17)9-4-3-8(16)5-10(9)24-14/h3-5H,2,6-7H2,1H3,(H,18,20)(H,19,21). The van der Waals surface area contributed by atoms with Crippen molar-refractivity contribution in [3.05, 3.63) is 33.1 Å². The van der Waals surface area contributed by atoms with Gasteiger partial charge in [-0.15, -0.1) is 11.3 Å². The minimum absolute atomic E-state index is 0.174. The summed E-state index contributed by atoms with van der Waals surface area (Å²) in [5.41, 5.74) is 0. The molecule has 24 heavy (non-hydrogen) atoms. The number of carbonyl (C=O) groups is 3. The molecule has 0 aliphatic rings. The van der Waals surface area contributed by atoms with Gasteiger partial charge in [-0.1, -0.05) is 29.3 Å². The molecule has 0 atom stereocenters. The summed E-state index contributed by atoms with van der Waals surface area (Å²) in [6.07, 6.45) is 0. The summed E-state index contributed by atoms with van der Waals surface area (Å²) >= 11 is 13.2. The number of amides is 2. The molecule has 1 heterocycles. The monoisotopic (exact) mass is 388 g/mol. The molecule has 0 aliphatic heterocycles. The lowest BCUT2D eigenvalue weighted by molar-refractivity contribution is -0.127. The third-order valence-electron chi connectivity index (χ3n) is 2.93. The van der Waals surface area contributed by atoms with Crippen molar-refractivity contribution in [3.8, 4) is 0 Å². The molecule has 0 aliphatic carbocycles. The quantitative estimate of drug-likeness (QED) is 0.744. The lowest BCUT2D eigenvalue weighted by Crippen LogP contribution is -2.38. The number of hydrogen-bond donors (Lipinski definition) is 2. The van der Waals surface area contributed by atoms with E-state index in [9.17, 15) is 14.4 Å². The maximum atomic E-state index is 12.1. The van der Waals surface area contributed by atoms with Crippen LogP contribution < -0.4 is 10.6 Å². The topological polar surface area (TPSA) is 84.5 Å². The summed E-state index contributed by atoms with van der Waals surface area (Å²) in [4.78, 5) is 35.1. The first-order valence-corrected chi connectivity index (χ1v) is 8.57. The van der Waals surface area contributed by atoms with E-state index in [0.29, 0.717) is 17.0 Å². The van der Waals surface area contributed by atoms with Crippen molar-refractivity contribution in [2.75, 3.05) is 19.7 Å². The van der Waals surface area contributed by atoms with Crippen molar-refractivity contribution in [2.45, 2.75) is 6.92 Å². The van der Waals surface area contributed by atoms with E-state index in [-0.39, 0.29) is 22.4 Å². The van der Waals surface area contributed by atoms with Crippen molar-refractivity contribution < 1.29 is 19.1 Å². The molecular formula is C15H14Cl2N2O4S. The highest BCUT2D eigenvalue weighted by atomic mass is 35.5. The first kappa shape index (κ1) is 18.5. The van der Waals surface area contributed by atoms with Gasteiger partial charge in [-0.2, -0.15) is 0 Å². The maximum Gasteiger partial charge on any atom is 0.350 e. The van der Waals surface area contributed by atoms with E-state index in [1.165, 1.54) is 0 Å². The van der Waals surface area contributed by atoms with Crippen molar-refractivity contribution in [3.63, 3.8) is 0 Å². The van der Waals surface area contributed by atoms with Crippen LogP contribution in [0.25, 0.3) is 10.1 Å². The van der Waals surface area contributed by atoms with Crippen LogP contribution in [0.15, 0.2) is 18.2 Å². The first-order chi connectivity index (χ1) is 11.4. The van der Waals surface area contributed by atoms with Crippen LogP contribution in [-0.2, 0) is 14.3 Å². The number of hydrogen-bond acceptors (Lipinski definition) is 5. The molecule has 2 aromatic rings. The summed E-state index contributed by atoms with van der Waals surface area (Å²) in [7, 11) is 0. The van der Waals surface area contributed by atoms with Crippen molar-refractivity contribution in [2.24, 2.45) is 0 Å². The van der Waals surface area contributed by atoms with E-state index in [0.717, 1.165) is 16.0 Å². The van der Waals surface area contributed by atoms with Gasteiger partial charge in [-0.25, -0.2) is 4.79 Å². The average Bonchev–Trinajstić information content (AvgIpc) is 2.87. The predicted molar refractivity (Wildman–Crippen MR) is 93.8 cm³/mol. The zero-order chi connectivity index (χ0) is 17.7. The molecule has 0 saturated carbocycles. The number of carbonyl (C=O) groups excluding carboxylic acids is 3. The van der Waals surface area contributed by atoms with Crippen molar-refractivity contribution >= 4 is 62.4 Å². The molecule has 0 bridgehead atoms. The fourth-order valence-corrected chi connectivity index (χ4v) is 3.53. The number of likely N-dealkylation sites (N-methyl/N-ethyl adjacent to an activating group) is 1. The number of esters is 1. The Kier molecular flexibility index (Phi) is 6.42. The van der Waals surface area contributed by atoms with Crippen LogP contribution in [0.4, 0.5) is 0 Å². The van der Waals surface area contributed by atoms with Crippen LogP contribution in [-0.4, -0.2) is 37.5 Å². The van der Waals surface area contributed by atoms with E-state index in [1.54, 1.807) is 25.1 Å². The molecule has 6 nitrogen and oxygen atoms in total. The fourth-order valence-electron chi connectivity index (χ4n) is 1.86. The Labute approximate surface area is 152 Å². The number of thiophene rings is 1. The molecule has 2 amide bonds. The number of nitrogens with one attached hydrogen (secondary N) is 2. The molecule has 2 N–H and O–H groups in total. The zero-order valence-electron chi connectivity index (χ0n) is 12.7. The highest BCUT2D eigenvalue weighted by Crippen LogP contribution is 2.37. The molecule has 128 valence electrons. The number of benzene rings is 1. The average molecular weight is 389 g/mol. The van der Waals surface area contributed by atoms with Crippen LogP contribution in [0, 0.1) is 0 Å². The second-order valence-electron chi connectivity index (χ2n) is 4.69. The summed E-state index contributed by atoms with van der Waals surface area (Å²) in [6, 6.07) is 5.09. The molecule has 2 rings (SSSR count). The molecule has 0 spiro atoms. The zero-order valence-corrected chi connectivity index (χ0v) is 15.0. The Morgan fingerprint density at radius 3 is 2.62 bits per heavy atom. The normalized spacial score (nSPS) is 10.5. The summed E-state index contributed by atoms with van der Waals surface area (Å²) in [6.45, 7) is 1.57. The Balaban J connectivity index is 1.94. The summed E-state index contributed by atoms with van der Waals surface area (Å²) in [5, 5.41) is 6.37. The number of fused-ring (bicyclic) bond motifs is 1. The lowest BCUT2D eigenvalue weighted by Gasteiger charge is -2.06. The van der Waals surface area contributed by atoms with Gasteiger partial charge in [0.05, 0.1) is 11.6 Å². The van der Waals surface area contributed by atoms with E-state index in [1.807, 2.05) is 0 Å². The Bertz CT molecular complexity index is 791. The van der Waals surface area contributed by atoms with E-state index in [2.05, 4.69) is 10.6 Å². The van der Waals surface area contributed by atoms with Gasteiger partial charge in [0.15, 0.2) is 6.61 Å². The number of halogens is 2. The first-order valence-electron chi connectivity index (χ1n) is 7.00. The SMILES string of the molecule is CCNC(=O)CNC(=O)COC(=O)c1sc2cc(Cl)ccc2c1Cl. The molecule has 0 radical (unpaired) electrons. The van der Waals surface area contributed by atoms with Crippen molar-refractivity contribution in [1.82, 2.24) is 10.6 Å². The van der Waals surface area contributed by atoms with Crippen LogP contribution >= 0.6 is 34.5 Å². The van der Waals surface area contributed by atoms with E-state index in [4.69, 9.17) is 27.9 Å². The Morgan fingerprint density at radius 1 is 1.17 bits per heavy atom. The fraction of sp³-hybridized carbons (Fsp3) is 0.267. The van der Waals surface area contributed by atoms with E-state index >= 15 is 0 Å². The van der Waals surface area contributed by atoms with Crippen LogP contribution in [0.5, 0.6) is 0 Å². The van der Waals surface area contributed by atoms with Crippen molar-refractivity contribution in [1.29, 1.82) is 0 Å². The molecule has 1 aromatic heterocycles. The number of rotatable bonds is 6. The van der Waals surface area contributed by atoms with Gasteiger partial charge in [0.1, 0.15) is 4.88 Å². The minimum atomic E-state index is -0.703. The van der Waals surface area contributed by atoms with Crippen LogP contribution in [0.3, 0.4) is 0 Å². The predicted octanol–water partition coefficient (Wildman–Crippen LogP) is 2.62. The molecule has 0 unspecified atom stereocenters. The minimum Gasteiger partial charge on any atom is -0.451 e. The Morgan fingerprint density at radius 2 is 1.92 bits per heavy atom. The van der Waals surface area contributed by atoms with Gasteiger partial charge in [-0.3, -0.25) is 9.59 Å². The second kappa shape index (κ2) is 8.32. The Hall–Kier alpha value is -1.83. The van der Waals surface area contributed by atoms with Gasteiger partial charge < -0.3 is 15.4 Å². The van der Waals surface area contributed by atoms with Gasteiger partial charge in [0.25, 0.3) is 5.91 Å². The largest absolute Gasteiger partial charge is 0.451 e. The molecular weight excluding hydrogens is 375 g/mol. The van der Waals surface area contributed by atoms with Crippen LogP contribution in [0.2, 0.25) is 10.0 Å².